The molecule has 0 aromatic carbocycles. The van der Waals surface area contributed by atoms with Crippen LogP contribution >= 0.6 is 0 Å². The summed E-state index contributed by atoms with van der Waals surface area (Å²) in [5.41, 5.74) is 0. The molecule has 0 spiro atoms. The minimum absolute atomic E-state index is 0.888. The van der Waals surface area contributed by atoms with Gasteiger partial charge in [-0.25, -0.2) is 0 Å². The molecule has 17 heavy (non-hydrogen) atoms. The van der Waals surface area contributed by atoms with E-state index in [9.17, 15) is 0 Å². The maximum atomic E-state index is 3.86. The molecule has 3 fully saturated rings. The van der Waals surface area contributed by atoms with Crippen molar-refractivity contribution in [1.82, 2.24) is 10.2 Å². The zero-order valence-corrected chi connectivity index (χ0v) is 11.3. The van der Waals surface area contributed by atoms with Gasteiger partial charge in [0.2, 0.25) is 0 Å². The molecular formula is C15H28N2. The molecule has 2 aliphatic carbocycles. The van der Waals surface area contributed by atoms with E-state index in [-0.39, 0.29) is 0 Å². The number of rotatable bonds is 7. The van der Waals surface area contributed by atoms with E-state index in [0.29, 0.717) is 0 Å². The molecule has 1 atom stereocenters. The highest BCUT2D eigenvalue weighted by molar-refractivity contribution is 4.96. The number of hydrogen-bond acceptors (Lipinski definition) is 2. The van der Waals surface area contributed by atoms with E-state index in [1.807, 2.05) is 0 Å². The monoisotopic (exact) mass is 236 g/mol. The number of nitrogens with zero attached hydrogens (tertiary/aromatic N) is 1. The van der Waals surface area contributed by atoms with Crippen molar-refractivity contribution in [2.75, 3.05) is 26.2 Å². The van der Waals surface area contributed by atoms with E-state index in [1.165, 1.54) is 64.7 Å². The van der Waals surface area contributed by atoms with E-state index in [1.54, 1.807) is 0 Å². The van der Waals surface area contributed by atoms with E-state index in [0.717, 1.165) is 23.8 Å². The third kappa shape index (κ3) is 3.23. The SMILES string of the molecule is CCC1CCN(CCNC(C2CC2)C2CC2)C1. The van der Waals surface area contributed by atoms with Gasteiger partial charge in [-0.05, 0) is 56.4 Å². The molecule has 0 radical (unpaired) electrons. The van der Waals surface area contributed by atoms with Gasteiger partial charge in [-0.3, -0.25) is 0 Å². The van der Waals surface area contributed by atoms with E-state index in [4.69, 9.17) is 0 Å². The summed E-state index contributed by atoms with van der Waals surface area (Å²) < 4.78 is 0. The number of nitrogens with one attached hydrogen (secondary N) is 1. The first-order valence-electron chi connectivity index (χ1n) is 7.82. The van der Waals surface area contributed by atoms with Gasteiger partial charge in [-0.1, -0.05) is 13.3 Å². The van der Waals surface area contributed by atoms with Crippen LogP contribution in [0.15, 0.2) is 0 Å². The van der Waals surface area contributed by atoms with Gasteiger partial charge in [0.15, 0.2) is 0 Å². The van der Waals surface area contributed by atoms with Crippen molar-refractivity contribution < 1.29 is 0 Å². The van der Waals surface area contributed by atoms with Gasteiger partial charge in [0.1, 0.15) is 0 Å². The van der Waals surface area contributed by atoms with Crippen molar-refractivity contribution in [1.29, 1.82) is 0 Å². The normalized spacial score (nSPS) is 30.4. The molecule has 1 saturated heterocycles. The third-order valence-corrected chi connectivity index (χ3v) is 5.02. The molecule has 1 heterocycles. The molecule has 3 rings (SSSR count). The van der Waals surface area contributed by atoms with Crippen molar-refractivity contribution in [2.45, 2.75) is 51.5 Å². The second-order valence-electron chi connectivity index (χ2n) is 6.52. The summed E-state index contributed by atoms with van der Waals surface area (Å²) in [6.07, 6.45) is 8.79. The Labute approximate surface area is 106 Å². The van der Waals surface area contributed by atoms with E-state index >= 15 is 0 Å². The standard InChI is InChI=1S/C15H28N2/c1-2-12-7-9-17(11-12)10-8-16-15(13-3-4-13)14-5-6-14/h12-16H,2-11H2,1H3. The Bertz CT molecular complexity index is 233. The molecule has 1 N–H and O–H groups in total. The van der Waals surface area contributed by atoms with Crippen molar-refractivity contribution >= 4 is 0 Å². The van der Waals surface area contributed by atoms with Gasteiger partial charge in [-0.15, -0.1) is 0 Å². The van der Waals surface area contributed by atoms with Crippen LogP contribution < -0.4 is 5.32 Å². The maximum Gasteiger partial charge on any atom is 0.0124 e. The van der Waals surface area contributed by atoms with Crippen LogP contribution in [-0.4, -0.2) is 37.1 Å². The van der Waals surface area contributed by atoms with Crippen LogP contribution in [-0.2, 0) is 0 Å². The van der Waals surface area contributed by atoms with Crippen LogP contribution in [0, 0.1) is 17.8 Å². The van der Waals surface area contributed by atoms with Crippen LogP contribution in [0.1, 0.15) is 45.4 Å². The van der Waals surface area contributed by atoms with Gasteiger partial charge < -0.3 is 10.2 Å². The summed E-state index contributed by atoms with van der Waals surface area (Å²) in [6.45, 7) is 7.55. The number of likely N-dealkylation sites (tertiary alicyclic amines) is 1. The fraction of sp³-hybridized carbons (Fsp3) is 1.00. The average molecular weight is 236 g/mol. The Balaban J connectivity index is 1.34. The van der Waals surface area contributed by atoms with Gasteiger partial charge in [0.05, 0.1) is 0 Å². The molecule has 1 aliphatic heterocycles. The van der Waals surface area contributed by atoms with Crippen LogP contribution in [0.4, 0.5) is 0 Å². The van der Waals surface area contributed by atoms with Crippen molar-refractivity contribution in [3.8, 4) is 0 Å². The smallest absolute Gasteiger partial charge is 0.0124 e. The Kier molecular flexibility index (Phi) is 3.72. The molecule has 0 aromatic rings. The van der Waals surface area contributed by atoms with E-state index in [2.05, 4.69) is 17.1 Å². The first kappa shape index (κ1) is 12.0. The topological polar surface area (TPSA) is 15.3 Å². The van der Waals surface area contributed by atoms with Crippen LogP contribution in [0.25, 0.3) is 0 Å². The summed E-state index contributed by atoms with van der Waals surface area (Å²) in [5.74, 6) is 3.08. The molecule has 1 unspecified atom stereocenters. The van der Waals surface area contributed by atoms with Crippen LogP contribution in [0.2, 0.25) is 0 Å². The van der Waals surface area contributed by atoms with Crippen LogP contribution in [0.5, 0.6) is 0 Å². The van der Waals surface area contributed by atoms with Gasteiger partial charge in [0.25, 0.3) is 0 Å². The summed E-state index contributed by atoms with van der Waals surface area (Å²) in [5, 5.41) is 3.86. The molecule has 0 bridgehead atoms. The lowest BCUT2D eigenvalue weighted by Gasteiger charge is -2.21. The summed E-state index contributed by atoms with van der Waals surface area (Å²) >= 11 is 0. The van der Waals surface area contributed by atoms with Crippen LogP contribution in [0.3, 0.4) is 0 Å². The lowest BCUT2D eigenvalue weighted by atomic mass is 10.1. The summed E-state index contributed by atoms with van der Waals surface area (Å²) in [7, 11) is 0. The minimum atomic E-state index is 0.888. The molecule has 2 saturated carbocycles. The molecule has 98 valence electrons. The quantitative estimate of drug-likeness (QED) is 0.730. The van der Waals surface area contributed by atoms with Gasteiger partial charge >= 0.3 is 0 Å². The maximum absolute atomic E-state index is 3.86. The highest BCUT2D eigenvalue weighted by Crippen LogP contribution is 2.44. The highest BCUT2D eigenvalue weighted by atomic mass is 15.2. The predicted molar refractivity (Wildman–Crippen MR) is 72.1 cm³/mol. The predicted octanol–water partition coefficient (Wildman–Crippen LogP) is 2.50. The minimum Gasteiger partial charge on any atom is -0.312 e. The van der Waals surface area contributed by atoms with Gasteiger partial charge in [0, 0.05) is 25.7 Å². The fourth-order valence-electron chi connectivity index (χ4n) is 3.47. The third-order valence-electron chi connectivity index (χ3n) is 5.02. The molecule has 2 heteroatoms. The Hall–Kier alpha value is -0.0800. The van der Waals surface area contributed by atoms with Gasteiger partial charge in [-0.2, -0.15) is 0 Å². The zero-order chi connectivity index (χ0) is 11.7. The fourth-order valence-corrected chi connectivity index (χ4v) is 3.47. The second-order valence-corrected chi connectivity index (χ2v) is 6.52. The lowest BCUT2D eigenvalue weighted by Crippen LogP contribution is -2.38. The zero-order valence-electron chi connectivity index (χ0n) is 11.3. The molecular weight excluding hydrogens is 208 g/mol. The first-order valence-corrected chi connectivity index (χ1v) is 7.82. The number of hydrogen-bond donors (Lipinski definition) is 1. The molecule has 3 aliphatic rings. The molecule has 0 aromatic heterocycles. The largest absolute Gasteiger partial charge is 0.312 e. The van der Waals surface area contributed by atoms with E-state index < -0.39 is 0 Å². The Morgan fingerprint density at radius 2 is 1.82 bits per heavy atom. The molecule has 0 amide bonds. The average Bonchev–Trinajstić information content (AvgIpc) is 3.25. The highest BCUT2D eigenvalue weighted by Gasteiger charge is 2.40. The second kappa shape index (κ2) is 5.27. The Morgan fingerprint density at radius 1 is 1.12 bits per heavy atom. The van der Waals surface area contributed by atoms with Crippen molar-refractivity contribution in [2.24, 2.45) is 17.8 Å². The Morgan fingerprint density at radius 3 is 2.35 bits per heavy atom. The lowest BCUT2D eigenvalue weighted by molar-refractivity contribution is 0.303. The van der Waals surface area contributed by atoms with Crippen molar-refractivity contribution in [3.05, 3.63) is 0 Å². The van der Waals surface area contributed by atoms with Crippen molar-refractivity contribution in [3.63, 3.8) is 0 Å². The summed E-state index contributed by atoms with van der Waals surface area (Å²) in [6, 6.07) is 0.888. The molecule has 2 nitrogen and oxygen atoms in total. The summed E-state index contributed by atoms with van der Waals surface area (Å²) in [4.78, 5) is 2.66. The first-order chi connectivity index (χ1) is 8.36.